The maximum Gasteiger partial charge on any atom is 0.137 e. The first-order chi connectivity index (χ1) is 17.0. The minimum absolute atomic E-state index is 0.0940. The van der Waals surface area contributed by atoms with Gasteiger partial charge in [-0.1, -0.05) is 24.3 Å². The highest BCUT2D eigenvalue weighted by atomic mass is 19.1. The first-order valence-electron chi connectivity index (χ1n) is 11.6. The molecule has 2 atom stereocenters. The summed E-state index contributed by atoms with van der Waals surface area (Å²) < 4.78 is 27.1. The molecule has 3 aromatic carbocycles. The normalized spacial score (nSPS) is 17.9. The van der Waals surface area contributed by atoms with Gasteiger partial charge in [0, 0.05) is 47.1 Å². The molecule has 0 saturated carbocycles. The molecular formula is C29H26FN3O2. The van der Waals surface area contributed by atoms with E-state index in [1.807, 2.05) is 50.2 Å². The van der Waals surface area contributed by atoms with E-state index in [0.29, 0.717) is 22.4 Å². The molecule has 0 spiro atoms. The number of anilines is 1. The summed E-state index contributed by atoms with van der Waals surface area (Å²) in [6, 6.07) is 20.7. The van der Waals surface area contributed by atoms with Crippen molar-refractivity contribution in [1.29, 1.82) is 5.26 Å². The van der Waals surface area contributed by atoms with E-state index in [1.54, 1.807) is 37.6 Å². The number of hydrogen-bond donors (Lipinski definition) is 0. The molecular weight excluding hydrogens is 441 g/mol. The van der Waals surface area contributed by atoms with E-state index in [2.05, 4.69) is 11.0 Å². The van der Waals surface area contributed by atoms with Gasteiger partial charge in [0.15, 0.2) is 0 Å². The zero-order chi connectivity index (χ0) is 24.5. The number of halogens is 1. The average Bonchev–Trinajstić information content (AvgIpc) is 2.87. The summed E-state index contributed by atoms with van der Waals surface area (Å²) in [6.07, 6.45) is 1.86. The number of nitriles is 1. The molecule has 4 aromatic rings. The van der Waals surface area contributed by atoms with Crippen LogP contribution in [-0.4, -0.2) is 37.4 Å². The number of ether oxygens (including phenoxy) is 2. The lowest BCUT2D eigenvalue weighted by atomic mass is 9.97. The Labute approximate surface area is 204 Å². The summed E-state index contributed by atoms with van der Waals surface area (Å²) in [5, 5.41) is 9.89. The Morgan fingerprint density at radius 2 is 1.74 bits per heavy atom. The lowest BCUT2D eigenvalue weighted by Crippen LogP contribution is -2.45. The molecule has 1 aliphatic rings. The van der Waals surface area contributed by atoms with Crippen molar-refractivity contribution in [2.24, 2.45) is 0 Å². The van der Waals surface area contributed by atoms with Gasteiger partial charge in [0.1, 0.15) is 11.6 Å². The quantitative estimate of drug-likeness (QED) is 0.358. The third-order valence-corrected chi connectivity index (χ3v) is 6.40. The zero-order valence-corrected chi connectivity index (χ0v) is 20.0. The monoisotopic (exact) mass is 467 g/mol. The van der Waals surface area contributed by atoms with E-state index in [9.17, 15) is 0 Å². The fraction of sp³-hybridized carbons (Fsp3) is 0.241. The van der Waals surface area contributed by atoms with Gasteiger partial charge in [-0.05, 0) is 55.8 Å². The number of methoxy groups -OCH3 is 1. The van der Waals surface area contributed by atoms with Gasteiger partial charge < -0.3 is 14.4 Å². The van der Waals surface area contributed by atoms with Crippen molar-refractivity contribution in [2.45, 2.75) is 26.1 Å². The van der Waals surface area contributed by atoms with Gasteiger partial charge in [0.05, 0.1) is 36.5 Å². The predicted octanol–water partition coefficient (Wildman–Crippen LogP) is 6.20. The smallest absolute Gasteiger partial charge is 0.137 e. The van der Waals surface area contributed by atoms with E-state index in [0.717, 1.165) is 40.8 Å². The molecule has 35 heavy (non-hydrogen) atoms. The molecule has 5 nitrogen and oxygen atoms in total. The number of aromatic nitrogens is 1. The van der Waals surface area contributed by atoms with Crippen LogP contribution in [0.1, 0.15) is 19.4 Å². The van der Waals surface area contributed by atoms with Crippen LogP contribution in [0.5, 0.6) is 5.75 Å². The van der Waals surface area contributed by atoms with Gasteiger partial charge in [-0.2, -0.15) is 5.26 Å². The summed E-state index contributed by atoms with van der Waals surface area (Å²) in [5.74, 6) is 0.253. The Morgan fingerprint density at radius 3 is 2.40 bits per heavy atom. The predicted molar refractivity (Wildman–Crippen MR) is 136 cm³/mol. The van der Waals surface area contributed by atoms with Crippen molar-refractivity contribution in [3.8, 4) is 34.1 Å². The number of benzene rings is 3. The SMILES string of the molecule is COc1c(-c2ccc(N3C[C@@H](C)O[C@@H](C)C3)cc2F)cnc2c(-c3ccc(C#N)cc3)cccc12. The van der Waals surface area contributed by atoms with E-state index in [4.69, 9.17) is 19.7 Å². The summed E-state index contributed by atoms with van der Waals surface area (Å²) in [6.45, 7) is 5.51. The molecule has 0 unspecified atom stereocenters. The molecule has 1 aromatic heterocycles. The average molecular weight is 468 g/mol. The second-order valence-corrected chi connectivity index (χ2v) is 8.92. The molecule has 0 radical (unpaired) electrons. The van der Waals surface area contributed by atoms with Gasteiger partial charge in [-0.3, -0.25) is 4.98 Å². The molecule has 1 saturated heterocycles. The number of rotatable bonds is 4. The van der Waals surface area contributed by atoms with Gasteiger partial charge in [-0.15, -0.1) is 0 Å². The lowest BCUT2D eigenvalue weighted by Gasteiger charge is -2.37. The third-order valence-electron chi connectivity index (χ3n) is 6.40. The molecule has 0 N–H and O–H groups in total. The molecule has 0 aliphatic carbocycles. The summed E-state index contributed by atoms with van der Waals surface area (Å²) >= 11 is 0. The van der Waals surface area contributed by atoms with Crippen molar-refractivity contribution in [3.05, 3.63) is 78.2 Å². The Bertz CT molecular complexity index is 1420. The van der Waals surface area contributed by atoms with Crippen LogP contribution < -0.4 is 9.64 Å². The highest BCUT2D eigenvalue weighted by molar-refractivity contribution is 6.00. The highest BCUT2D eigenvalue weighted by Crippen LogP contribution is 2.40. The number of pyridine rings is 1. The summed E-state index contributed by atoms with van der Waals surface area (Å²) in [4.78, 5) is 6.88. The van der Waals surface area contributed by atoms with Crippen LogP contribution in [0.2, 0.25) is 0 Å². The van der Waals surface area contributed by atoms with Crippen LogP contribution in [-0.2, 0) is 4.74 Å². The molecule has 0 bridgehead atoms. The number of para-hydroxylation sites is 1. The summed E-state index contributed by atoms with van der Waals surface area (Å²) in [7, 11) is 1.59. The van der Waals surface area contributed by atoms with Crippen molar-refractivity contribution in [3.63, 3.8) is 0 Å². The van der Waals surface area contributed by atoms with Gasteiger partial charge in [0.25, 0.3) is 0 Å². The fourth-order valence-corrected chi connectivity index (χ4v) is 4.88. The van der Waals surface area contributed by atoms with Crippen LogP contribution in [0.25, 0.3) is 33.2 Å². The molecule has 176 valence electrons. The number of hydrogen-bond acceptors (Lipinski definition) is 5. The van der Waals surface area contributed by atoms with E-state index >= 15 is 4.39 Å². The van der Waals surface area contributed by atoms with Crippen molar-refractivity contribution >= 4 is 16.6 Å². The Morgan fingerprint density at radius 1 is 1.00 bits per heavy atom. The highest BCUT2D eigenvalue weighted by Gasteiger charge is 2.24. The molecule has 1 aliphatic heterocycles. The topological polar surface area (TPSA) is 58.4 Å². The third kappa shape index (κ3) is 4.31. The Kier molecular flexibility index (Phi) is 6.10. The van der Waals surface area contributed by atoms with Gasteiger partial charge >= 0.3 is 0 Å². The largest absolute Gasteiger partial charge is 0.495 e. The number of nitrogens with zero attached hydrogens (tertiary/aromatic N) is 3. The molecule has 2 heterocycles. The minimum atomic E-state index is -0.322. The molecule has 0 amide bonds. The number of fused-ring (bicyclic) bond motifs is 1. The van der Waals surface area contributed by atoms with E-state index < -0.39 is 0 Å². The van der Waals surface area contributed by atoms with Gasteiger partial charge in [0.2, 0.25) is 0 Å². The Hall–Kier alpha value is -3.95. The zero-order valence-electron chi connectivity index (χ0n) is 20.0. The van der Waals surface area contributed by atoms with Crippen LogP contribution in [0.4, 0.5) is 10.1 Å². The first kappa shape index (κ1) is 22.8. The maximum absolute atomic E-state index is 15.4. The van der Waals surface area contributed by atoms with Crippen LogP contribution in [0.3, 0.4) is 0 Å². The molecule has 1 fully saturated rings. The lowest BCUT2D eigenvalue weighted by molar-refractivity contribution is -0.00523. The van der Waals surface area contributed by atoms with Crippen LogP contribution in [0.15, 0.2) is 66.9 Å². The van der Waals surface area contributed by atoms with Crippen LogP contribution in [0, 0.1) is 17.1 Å². The number of morpholine rings is 1. The fourth-order valence-electron chi connectivity index (χ4n) is 4.88. The van der Waals surface area contributed by atoms with Crippen LogP contribution >= 0.6 is 0 Å². The summed E-state index contributed by atoms with van der Waals surface area (Å²) in [5.41, 5.74) is 5.10. The van der Waals surface area contributed by atoms with Crippen molar-refractivity contribution < 1.29 is 13.9 Å². The van der Waals surface area contributed by atoms with Crippen molar-refractivity contribution in [1.82, 2.24) is 4.98 Å². The van der Waals surface area contributed by atoms with Crippen molar-refractivity contribution in [2.75, 3.05) is 25.1 Å². The minimum Gasteiger partial charge on any atom is -0.495 e. The molecule has 6 heteroatoms. The second kappa shape index (κ2) is 9.36. The van der Waals surface area contributed by atoms with E-state index in [-0.39, 0.29) is 18.0 Å². The first-order valence-corrected chi connectivity index (χ1v) is 11.6. The maximum atomic E-state index is 15.4. The Balaban J connectivity index is 1.56. The standard InChI is InChI=1S/C29H26FN3O2/c1-18-16-33(17-19(2)35-18)22-11-12-24(27(30)13-22)26-15-32-28-23(5-4-6-25(28)29(26)34-3)21-9-7-20(14-31)8-10-21/h4-13,15,18-19H,16-17H2,1-3H3/t18-,19+. The second-order valence-electron chi connectivity index (χ2n) is 8.92. The van der Waals surface area contributed by atoms with Gasteiger partial charge in [-0.25, -0.2) is 4.39 Å². The van der Waals surface area contributed by atoms with E-state index in [1.165, 1.54) is 0 Å². The molecule has 5 rings (SSSR count).